The fourth-order valence-electron chi connectivity index (χ4n) is 2.92. The topological polar surface area (TPSA) is 12.5 Å². The van der Waals surface area contributed by atoms with Gasteiger partial charge in [-0.15, -0.1) is 0 Å². The maximum absolute atomic E-state index is 5.81. The van der Waals surface area contributed by atoms with Gasteiger partial charge in [-0.1, -0.05) is 37.0 Å². The first-order valence-corrected chi connectivity index (χ1v) is 6.59. The highest BCUT2D eigenvalue weighted by atomic mass is 16.5. The van der Waals surface area contributed by atoms with E-state index >= 15 is 0 Å². The van der Waals surface area contributed by atoms with E-state index in [9.17, 15) is 0 Å². The number of hydrogen-bond donors (Lipinski definition) is 0. The van der Waals surface area contributed by atoms with E-state index in [0.717, 1.165) is 24.9 Å². The summed E-state index contributed by atoms with van der Waals surface area (Å²) >= 11 is 0. The number of rotatable bonds is 5. The Kier molecular flexibility index (Phi) is 4.57. The van der Waals surface area contributed by atoms with Gasteiger partial charge in [0.15, 0.2) is 0 Å². The number of fused-ring (bicyclic) bond motifs is 1. The fourth-order valence-corrected chi connectivity index (χ4v) is 2.92. The van der Waals surface area contributed by atoms with Crippen molar-refractivity contribution in [3.8, 4) is 0 Å². The molecule has 2 aliphatic rings. The molecule has 0 amide bonds. The summed E-state index contributed by atoms with van der Waals surface area (Å²) in [6.45, 7) is 10.3. The molecule has 2 aliphatic heterocycles. The Bertz CT molecular complexity index is 308. The van der Waals surface area contributed by atoms with Gasteiger partial charge in [-0.3, -0.25) is 0 Å². The molecule has 0 saturated carbocycles. The van der Waals surface area contributed by atoms with E-state index in [1.54, 1.807) is 0 Å². The van der Waals surface area contributed by atoms with Gasteiger partial charge in [0, 0.05) is 31.5 Å². The molecule has 3 atom stereocenters. The molecule has 2 saturated heterocycles. The largest absolute Gasteiger partial charge is 0.373 e. The summed E-state index contributed by atoms with van der Waals surface area (Å²) in [6, 6.07) is 0. The lowest BCUT2D eigenvalue weighted by Crippen LogP contribution is -2.25. The second kappa shape index (κ2) is 6.18. The first-order chi connectivity index (χ1) is 8.35. The Morgan fingerprint density at radius 1 is 1.41 bits per heavy atom. The van der Waals surface area contributed by atoms with Crippen molar-refractivity contribution in [2.75, 3.05) is 26.2 Å². The molecule has 0 radical (unpaired) electrons. The van der Waals surface area contributed by atoms with Crippen molar-refractivity contribution in [3.63, 3.8) is 0 Å². The van der Waals surface area contributed by atoms with Crippen LogP contribution in [0.2, 0.25) is 0 Å². The number of likely N-dealkylation sites (tertiary alicyclic amines) is 1. The van der Waals surface area contributed by atoms with Crippen molar-refractivity contribution in [2.24, 2.45) is 11.8 Å². The van der Waals surface area contributed by atoms with Crippen LogP contribution in [0.25, 0.3) is 0 Å². The molecule has 2 nitrogen and oxygen atoms in total. The minimum absolute atomic E-state index is 0.360. The van der Waals surface area contributed by atoms with Gasteiger partial charge in [-0.05, 0) is 13.3 Å². The summed E-state index contributed by atoms with van der Waals surface area (Å²) in [4.78, 5) is 2.57. The van der Waals surface area contributed by atoms with Crippen LogP contribution < -0.4 is 0 Å². The molecule has 94 valence electrons. The van der Waals surface area contributed by atoms with E-state index < -0.39 is 0 Å². The van der Waals surface area contributed by atoms with Gasteiger partial charge in [0.1, 0.15) is 0 Å². The van der Waals surface area contributed by atoms with Gasteiger partial charge in [0.25, 0.3) is 0 Å². The van der Waals surface area contributed by atoms with Crippen LogP contribution in [0.15, 0.2) is 37.0 Å². The predicted octanol–water partition coefficient (Wildman–Crippen LogP) is 2.64. The second-order valence-corrected chi connectivity index (χ2v) is 4.96. The predicted molar refractivity (Wildman–Crippen MR) is 71.9 cm³/mol. The fraction of sp³-hybridized carbons (Fsp3) is 0.600. The Hall–Kier alpha value is -0.860. The monoisotopic (exact) mass is 233 g/mol. The number of nitrogens with zero attached hydrogens (tertiary/aromatic N) is 1. The zero-order chi connectivity index (χ0) is 12.1. The molecular weight excluding hydrogens is 210 g/mol. The van der Waals surface area contributed by atoms with Crippen LogP contribution in [0.1, 0.15) is 13.3 Å². The minimum atomic E-state index is 0.360. The third-order valence-corrected chi connectivity index (χ3v) is 3.76. The average Bonchev–Trinajstić information content (AvgIpc) is 2.87. The third kappa shape index (κ3) is 3.08. The van der Waals surface area contributed by atoms with Gasteiger partial charge in [-0.2, -0.15) is 0 Å². The molecule has 2 fully saturated rings. The van der Waals surface area contributed by atoms with Crippen LogP contribution in [-0.2, 0) is 4.74 Å². The summed E-state index contributed by atoms with van der Waals surface area (Å²) in [5.41, 5.74) is 0. The molecule has 3 unspecified atom stereocenters. The molecule has 2 heteroatoms. The van der Waals surface area contributed by atoms with Crippen molar-refractivity contribution < 1.29 is 4.74 Å². The zero-order valence-corrected chi connectivity index (χ0v) is 10.7. The summed E-state index contributed by atoms with van der Waals surface area (Å²) < 4.78 is 5.81. The van der Waals surface area contributed by atoms with E-state index in [0.29, 0.717) is 6.10 Å². The highest BCUT2D eigenvalue weighted by Crippen LogP contribution is 2.34. The lowest BCUT2D eigenvalue weighted by Gasteiger charge is -2.17. The molecule has 0 N–H and O–H groups in total. The van der Waals surface area contributed by atoms with Crippen molar-refractivity contribution in [2.45, 2.75) is 19.4 Å². The van der Waals surface area contributed by atoms with Crippen LogP contribution in [0.3, 0.4) is 0 Å². The van der Waals surface area contributed by atoms with Gasteiger partial charge in [-0.25, -0.2) is 0 Å². The molecular formula is C15H23NO. The van der Waals surface area contributed by atoms with Crippen molar-refractivity contribution in [1.82, 2.24) is 4.90 Å². The van der Waals surface area contributed by atoms with E-state index in [1.165, 1.54) is 19.6 Å². The average molecular weight is 233 g/mol. The second-order valence-electron chi connectivity index (χ2n) is 4.96. The van der Waals surface area contributed by atoms with Crippen molar-refractivity contribution in [3.05, 3.63) is 37.0 Å². The highest BCUT2D eigenvalue weighted by Gasteiger charge is 2.41. The summed E-state index contributed by atoms with van der Waals surface area (Å²) in [5.74, 6) is 1.47. The molecule has 2 rings (SSSR count). The summed E-state index contributed by atoms with van der Waals surface area (Å²) in [5, 5.41) is 0. The smallest absolute Gasteiger partial charge is 0.0800 e. The summed E-state index contributed by atoms with van der Waals surface area (Å²) in [6.07, 6.45) is 11.9. The molecule has 0 aromatic rings. The van der Waals surface area contributed by atoms with Crippen LogP contribution in [0.5, 0.6) is 0 Å². The standard InChI is InChI=1S/C15H23NO/c1-3-5-6-7-9-16-10-13-12-17-15(8-4-2)14(13)11-16/h3-6,8,13-15H,1,7,9-12H2,2H3/b6-5+,8-4-. The molecule has 0 bridgehead atoms. The van der Waals surface area contributed by atoms with Crippen LogP contribution in [-0.4, -0.2) is 37.2 Å². The first kappa shape index (κ1) is 12.6. The SMILES string of the molecule is C=C/C=C/CCN1CC2COC(/C=C\C)C2C1. The lowest BCUT2D eigenvalue weighted by atomic mass is 9.94. The Morgan fingerprint density at radius 2 is 2.29 bits per heavy atom. The van der Waals surface area contributed by atoms with Crippen LogP contribution >= 0.6 is 0 Å². The minimum Gasteiger partial charge on any atom is -0.373 e. The van der Waals surface area contributed by atoms with Gasteiger partial charge >= 0.3 is 0 Å². The van der Waals surface area contributed by atoms with Gasteiger partial charge in [0.05, 0.1) is 12.7 Å². The molecule has 0 aliphatic carbocycles. The van der Waals surface area contributed by atoms with E-state index in [4.69, 9.17) is 4.74 Å². The number of hydrogen-bond acceptors (Lipinski definition) is 2. The Morgan fingerprint density at radius 3 is 3.06 bits per heavy atom. The van der Waals surface area contributed by atoms with E-state index in [-0.39, 0.29) is 0 Å². The van der Waals surface area contributed by atoms with Crippen LogP contribution in [0, 0.1) is 11.8 Å². The number of ether oxygens (including phenoxy) is 1. The van der Waals surface area contributed by atoms with Crippen molar-refractivity contribution in [1.29, 1.82) is 0 Å². The normalized spacial score (nSPS) is 33.8. The molecule has 0 aromatic heterocycles. The van der Waals surface area contributed by atoms with E-state index in [2.05, 4.69) is 36.6 Å². The van der Waals surface area contributed by atoms with Crippen LogP contribution in [0.4, 0.5) is 0 Å². The lowest BCUT2D eigenvalue weighted by molar-refractivity contribution is 0.107. The molecule has 0 aromatic carbocycles. The first-order valence-electron chi connectivity index (χ1n) is 6.59. The maximum Gasteiger partial charge on any atom is 0.0800 e. The van der Waals surface area contributed by atoms with Gasteiger partial charge in [0.2, 0.25) is 0 Å². The highest BCUT2D eigenvalue weighted by molar-refractivity contribution is 5.02. The van der Waals surface area contributed by atoms with Gasteiger partial charge < -0.3 is 9.64 Å². The Balaban J connectivity index is 1.79. The summed E-state index contributed by atoms with van der Waals surface area (Å²) in [7, 11) is 0. The van der Waals surface area contributed by atoms with Crippen molar-refractivity contribution >= 4 is 0 Å². The Labute approximate surface area is 105 Å². The molecule has 2 heterocycles. The third-order valence-electron chi connectivity index (χ3n) is 3.76. The molecule has 0 spiro atoms. The zero-order valence-electron chi connectivity index (χ0n) is 10.7. The molecule has 17 heavy (non-hydrogen) atoms. The van der Waals surface area contributed by atoms with E-state index in [1.807, 2.05) is 12.2 Å². The quantitative estimate of drug-likeness (QED) is 0.534. The maximum atomic E-state index is 5.81. The number of allylic oxidation sites excluding steroid dienone is 3.